The standard InChI is InChI=1S/C23H33F2N7O2/c1-26-23(34)16-5-6-17(21(25)28-16)32-9-7-31(8-10-32)12-13-3-4-14-19(18(13)24)29-22(33)15-11-27-30(2)20(14)15/h5-6,13-15,18-20,27H,3-4,7-12H2,1-2H3,(H,26,34)(H,29,33). The molecule has 4 heterocycles. The quantitative estimate of drug-likeness (QED) is 0.526. The van der Waals surface area contributed by atoms with Gasteiger partial charge in [0.1, 0.15) is 11.9 Å². The second-order valence-electron chi connectivity index (χ2n) is 9.92. The van der Waals surface area contributed by atoms with Crippen molar-refractivity contribution in [1.29, 1.82) is 0 Å². The molecule has 6 unspecified atom stereocenters. The molecule has 0 spiro atoms. The third-order valence-corrected chi connectivity index (χ3v) is 8.12. The SMILES string of the molecule is CNC(=O)c1ccc(N2CCN(CC3CCC4C(NC(=O)C5CNN(C)C54)C3F)CC2)c(F)n1. The number of rotatable bonds is 4. The fourth-order valence-corrected chi connectivity index (χ4v) is 6.30. The van der Waals surface area contributed by atoms with E-state index in [4.69, 9.17) is 0 Å². The normalized spacial score (nSPS) is 34.4. The summed E-state index contributed by atoms with van der Waals surface area (Å²) in [6, 6.07) is 2.74. The third-order valence-electron chi connectivity index (χ3n) is 8.12. The van der Waals surface area contributed by atoms with E-state index < -0.39 is 24.1 Å². The highest BCUT2D eigenvalue weighted by Crippen LogP contribution is 2.41. The van der Waals surface area contributed by atoms with Crippen molar-refractivity contribution in [2.45, 2.75) is 31.1 Å². The number of hydrogen-bond donors (Lipinski definition) is 3. The second kappa shape index (κ2) is 9.35. The largest absolute Gasteiger partial charge is 0.365 e. The van der Waals surface area contributed by atoms with Gasteiger partial charge >= 0.3 is 0 Å². The average Bonchev–Trinajstić information content (AvgIpc) is 3.24. The predicted molar refractivity (Wildman–Crippen MR) is 122 cm³/mol. The fourth-order valence-electron chi connectivity index (χ4n) is 6.30. The Hall–Kier alpha value is -2.37. The van der Waals surface area contributed by atoms with Crippen LogP contribution in [0.4, 0.5) is 14.5 Å². The Bertz CT molecular complexity index is 942. The Balaban J connectivity index is 1.17. The summed E-state index contributed by atoms with van der Waals surface area (Å²) in [5.74, 6) is -1.24. The van der Waals surface area contributed by atoms with E-state index in [1.807, 2.05) is 17.0 Å². The Labute approximate surface area is 198 Å². The lowest BCUT2D eigenvalue weighted by molar-refractivity contribution is -0.134. The van der Waals surface area contributed by atoms with Crippen molar-refractivity contribution < 1.29 is 18.4 Å². The molecule has 3 aliphatic heterocycles. The first kappa shape index (κ1) is 23.4. The number of pyridine rings is 1. The molecule has 3 N–H and O–H groups in total. The Morgan fingerprint density at radius 2 is 2.00 bits per heavy atom. The maximum atomic E-state index is 15.6. The molecule has 0 radical (unpaired) electrons. The van der Waals surface area contributed by atoms with Gasteiger partial charge in [-0.05, 0) is 30.9 Å². The van der Waals surface area contributed by atoms with Gasteiger partial charge in [-0.3, -0.25) is 19.9 Å². The summed E-state index contributed by atoms with van der Waals surface area (Å²) in [5.41, 5.74) is 3.66. The van der Waals surface area contributed by atoms with Crippen LogP contribution in [0.5, 0.6) is 0 Å². The maximum absolute atomic E-state index is 15.6. The molecule has 34 heavy (non-hydrogen) atoms. The molecule has 1 aromatic rings. The molecule has 11 heteroatoms. The summed E-state index contributed by atoms with van der Waals surface area (Å²) in [5, 5.41) is 7.44. The van der Waals surface area contributed by atoms with Gasteiger partial charge in [-0.1, -0.05) is 0 Å². The van der Waals surface area contributed by atoms with Gasteiger partial charge in [0.15, 0.2) is 0 Å². The summed E-state index contributed by atoms with van der Waals surface area (Å²) in [7, 11) is 3.43. The van der Waals surface area contributed by atoms with Crippen LogP contribution >= 0.6 is 0 Å². The minimum atomic E-state index is -1.07. The van der Waals surface area contributed by atoms with E-state index in [1.54, 1.807) is 6.07 Å². The van der Waals surface area contributed by atoms with Crippen LogP contribution in [0.1, 0.15) is 23.3 Å². The number of hydrogen-bond acceptors (Lipinski definition) is 7. The van der Waals surface area contributed by atoms with E-state index in [1.165, 1.54) is 13.1 Å². The average molecular weight is 478 g/mol. The number of fused-ring (bicyclic) bond motifs is 3. The van der Waals surface area contributed by atoms with Crippen molar-refractivity contribution in [2.75, 3.05) is 58.3 Å². The maximum Gasteiger partial charge on any atom is 0.269 e. The minimum absolute atomic E-state index is 0.0434. The van der Waals surface area contributed by atoms with E-state index in [0.717, 1.165) is 12.8 Å². The van der Waals surface area contributed by atoms with Crippen molar-refractivity contribution in [3.63, 3.8) is 0 Å². The smallest absolute Gasteiger partial charge is 0.269 e. The molecule has 3 saturated heterocycles. The van der Waals surface area contributed by atoms with Crippen LogP contribution in [0.2, 0.25) is 0 Å². The van der Waals surface area contributed by atoms with Crippen molar-refractivity contribution in [3.8, 4) is 0 Å². The molecular weight excluding hydrogens is 444 g/mol. The van der Waals surface area contributed by atoms with Crippen molar-refractivity contribution in [1.82, 2.24) is 31.0 Å². The predicted octanol–water partition coefficient (Wildman–Crippen LogP) is -0.000200. The molecule has 5 rings (SSSR count). The monoisotopic (exact) mass is 477 g/mol. The first-order valence-electron chi connectivity index (χ1n) is 12.1. The van der Waals surface area contributed by atoms with Crippen LogP contribution in [0.15, 0.2) is 12.1 Å². The minimum Gasteiger partial charge on any atom is -0.365 e. The van der Waals surface area contributed by atoms with Gasteiger partial charge in [0.2, 0.25) is 11.9 Å². The Kier molecular flexibility index (Phi) is 6.43. The topological polar surface area (TPSA) is 92.8 Å². The lowest BCUT2D eigenvalue weighted by Gasteiger charge is -2.49. The molecule has 2 amide bonds. The summed E-state index contributed by atoms with van der Waals surface area (Å²) >= 11 is 0. The van der Waals surface area contributed by atoms with Crippen molar-refractivity contribution >= 4 is 17.5 Å². The van der Waals surface area contributed by atoms with E-state index in [9.17, 15) is 14.0 Å². The number of carbonyl (C=O) groups is 2. The number of amides is 2. The van der Waals surface area contributed by atoms with E-state index in [2.05, 4.69) is 25.9 Å². The fraction of sp³-hybridized carbons (Fsp3) is 0.696. The number of aromatic nitrogens is 1. The number of halogens is 2. The molecule has 4 aliphatic rings. The number of hydrazine groups is 1. The van der Waals surface area contributed by atoms with Crippen LogP contribution in [0.3, 0.4) is 0 Å². The zero-order valence-electron chi connectivity index (χ0n) is 19.6. The first-order valence-corrected chi connectivity index (χ1v) is 12.1. The number of carbonyl (C=O) groups excluding carboxylic acids is 2. The highest BCUT2D eigenvalue weighted by atomic mass is 19.1. The molecule has 186 valence electrons. The molecule has 1 saturated carbocycles. The summed E-state index contributed by atoms with van der Waals surface area (Å²) < 4.78 is 30.2. The molecule has 4 fully saturated rings. The second-order valence-corrected chi connectivity index (χ2v) is 9.92. The summed E-state index contributed by atoms with van der Waals surface area (Å²) in [6.07, 6.45) is 0.627. The van der Waals surface area contributed by atoms with Gasteiger partial charge < -0.3 is 15.5 Å². The van der Waals surface area contributed by atoms with Crippen molar-refractivity contribution in [3.05, 3.63) is 23.8 Å². The number of nitrogens with one attached hydrogen (secondary N) is 3. The van der Waals surface area contributed by atoms with Gasteiger partial charge in [0, 0.05) is 65.3 Å². The number of alkyl halides is 1. The highest BCUT2D eigenvalue weighted by molar-refractivity contribution is 5.92. The number of piperazine rings is 1. The van der Waals surface area contributed by atoms with Gasteiger partial charge in [0.05, 0.1) is 17.6 Å². The lowest BCUT2D eigenvalue weighted by atomic mass is 9.68. The van der Waals surface area contributed by atoms with Gasteiger partial charge in [-0.2, -0.15) is 4.39 Å². The van der Waals surface area contributed by atoms with Crippen LogP contribution in [0, 0.1) is 23.7 Å². The molecular formula is C23H33F2N7O2. The number of nitrogens with zero attached hydrogens (tertiary/aromatic N) is 4. The number of piperidine rings is 1. The summed E-state index contributed by atoms with van der Waals surface area (Å²) in [4.78, 5) is 32.2. The molecule has 6 atom stereocenters. The first-order chi connectivity index (χ1) is 16.4. The van der Waals surface area contributed by atoms with E-state index in [0.29, 0.717) is 45.0 Å². The molecule has 0 bridgehead atoms. The summed E-state index contributed by atoms with van der Waals surface area (Å²) in [6.45, 7) is 3.84. The van der Waals surface area contributed by atoms with E-state index in [-0.39, 0.29) is 35.4 Å². The van der Waals surface area contributed by atoms with Crippen LogP contribution in [0.25, 0.3) is 0 Å². The zero-order chi connectivity index (χ0) is 24.0. The van der Waals surface area contributed by atoms with Crippen LogP contribution < -0.4 is 21.0 Å². The third kappa shape index (κ3) is 4.14. The molecule has 1 aromatic heterocycles. The van der Waals surface area contributed by atoms with Gasteiger partial charge in [-0.25, -0.2) is 14.4 Å². The highest BCUT2D eigenvalue weighted by Gasteiger charge is 2.54. The molecule has 9 nitrogen and oxygen atoms in total. The lowest BCUT2D eigenvalue weighted by Crippen LogP contribution is -2.65. The Morgan fingerprint density at radius 3 is 2.71 bits per heavy atom. The van der Waals surface area contributed by atoms with E-state index >= 15 is 4.39 Å². The van der Waals surface area contributed by atoms with Gasteiger partial charge in [0.25, 0.3) is 5.91 Å². The van der Waals surface area contributed by atoms with Crippen LogP contribution in [-0.4, -0.2) is 98.3 Å². The Morgan fingerprint density at radius 1 is 1.24 bits per heavy atom. The van der Waals surface area contributed by atoms with Crippen LogP contribution in [-0.2, 0) is 4.79 Å². The molecule has 0 aromatic carbocycles. The van der Waals surface area contributed by atoms with Crippen molar-refractivity contribution in [2.24, 2.45) is 17.8 Å². The zero-order valence-corrected chi connectivity index (χ0v) is 19.6. The molecule has 1 aliphatic carbocycles. The number of anilines is 1. The van der Waals surface area contributed by atoms with Gasteiger partial charge in [-0.15, -0.1) is 0 Å².